The molecule has 4 nitrogen and oxygen atoms in total. The average Bonchev–Trinajstić information content (AvgIpc) is 2.10. The number of carboxylic acid groups (broad SMARTS) is 1. The van der Waals surface area contributed by atoms with Crippen molar-refractivity contribution in [3.05, 3.63) is 12.7 Å². The number of hydrogen-bond acceptors (Lipinski definition) is 2. The summed E-state index contributed by atoms with van der Waals surface area (Å²) in [6.07, 6.45) is 1.53. The average molecular weight is 233 g/mol. The molecule has 0 heterocycles. The number of rotatable bonds is 5. The number of aliphatic carboxylic acids is 1. The van der Waals surface area contributed by atoms with Gasteiger partial charge in [0, 0.05) is 5.92 Å². The minimum absolute atomic E-state index is 0.270. The lowest BCUT2D eigenvalue weighted by Crippen LogP contribution is -2.46. The fraction of sp³-hybridized carbons (Fsp3) is 0.700. The van der Waals surface area contributed by atoms with Gasteiger partial charge in [-0.3, -0.25) is 4.79 Å². The van der Waals surface area contributed by atoms with Gasteiger partial charge in [-0.2, -0.15) is 0 Å². The van der Waals surface area contributed by atoms with Crippen molar-refractivity contribution in [1.29, 1.82) is 0 Å². The summed E-state index contributed by atoms with van der Waals surface area (Å²) in [6, 6.07) is -0.859. The zero-order chi connectivity index (χ0) is 12.2. The van der Waals surface area contributed by atoms with E-state index in [2.05, 4.69) is 11.3 Å². The van der Waals surface area contributed by atoms with Gasteiger partial charge < -0.3 is 5.11 Å². The maximum atomic E-state index is 11.7. The van der Waals surface area contributed by atoms with Gasteiger partial charge >= 0.3 is 5.97 Å². The molecule has 88 valence electrons. The molecule has 0 saturated carbocycles. The van der Waals surface area contributed by atoms with E-state index in [1.54, 1.807) is 27.7 Å². The quantitative estimate of drug-likeness (QED) is 0.704. The zero-order valence-corrected chi connectivity index (χ0v) is 10.4. The second-order valence-corrected chi connectivity index (χ2v) is 6.41. The van der Waals surface area contributed by atoms with Crippen molar-refractivity contribution < 1.29 is 14.1 Å². The number of carboxylic acids is 1. The Labute approximate surface area is 93.3 Å². The summed E-state index contributed by atoms with van der Waals surface area (Å²) in [5, 5.41) is 8.94. The summed E-state index contributed by atoms with van der Waals surface area (Å²) in [4.78, 5) is 10.9. The van der Waals surface area contributed by atoms with Gasteiger partial charge in [-0.15, -0.1) is 6.58 Å². The van der Waals surface area contributed by atoms with Gasteiger partial charge in [0.1, 0.15) is 6.04 Å². The first-order valence-electron chi connectivity index (χ1n) is 4.73. The zero-order valence-electron chi connectivity index (χ0n) is 9.61. The van der Waals surface area contributed by atoms with Crippen molar-refractivity contribution in [2.75, 3.05) is 0 Å². The van der Waals surface area contributed by atoms with Crippen LogP contribution in [-0.4, -0.2) is 26.1 Å². The first-order valence-corrected chi connectivity index (χ1v) is 5.88. The minimum atomic E-state index is -1.39. The number of carbonyl (C=O) groups is 1. The Hall–Kier alpha value is -0.680. The molecule has 5 heteroatoms. The molecule has 0 rings (SSSR count). The van der Waals surface area contributed by atoms with E-state index in [0.29, 0.717) is 0 Å². The Morgan fingerprint density at radius 2 is 2.00 bits per heavy atom. The van der Waals surface area contributed by atoms with E-state index in [1.165, 1.54) is 6.08 Å². The molecule has 0 amide bonds. The van der Waals surface area contributed by atoms with E-state index < -0.39 is 27.7 Å². The van der Waals surface area contributed by atoms with Crippen LogP contribution in [-0.2, 0) is 15.8 Å². The Morgan fingerprint density at radius 3 is 2.27 bits per heavy atom. The first-order chi connectivity index (χ1) is 6.70. The lowest BCUT2D eigenvalue weighted by molar-refractivity contribution is -0.139. The maximum absolute atomic E-state index is 11.7. The van der Waals surface area contributed by atoms with Gasteiger partial charge in [-0.25, -0.2) is 8.93 Å². The standard InChI is InChI=1S/C10H19NO3S/c1-6-7(2)8(9(12)13)11-15(14)10(3,4)5/h6-8,11H,1H2,2-5H3,(H,12,13). The molecule has 0 aromatic carbocycles. The summed E-state index contributed by atoms with van der Waals surface area (Å²) < 4.78 is 13.8. The summed E-state index contributed by atoms with van der Waals surface area (Å²) in [5.41, 5.74) is 0. The predicted molar refractivity (Wildman–Crippen MR) is 61.8 cm³/mol. The van der Waals surface area contributed by atoms with Crippen molar-refractivity contribution in [2.24, 2.45) is 5.92 Å². The molecule has 0 aromatic heterocycles. The van der Waals surface area contributed by atoms with Crippen LogP contribution in [0, 0.1) is 5.92 Å². The van der Waals surface area contributed by atoms with Crippen LogP contribution in [0.4, 0.5) is 0 Å². The highest BCUT2D eigenvalue weighted by Crippen LogP contribution is 2.12. The third-order valence-corrected chi connectivity index (χ3v) is 3.53. The molecule has 0 radical (unpaired) electrons. The Morgan fingerprint density at radius 1 is 1.53 bits per heavy atom. The molecule has 3 unspecified atom stereocenters. The van der Waals surface area contributed by atoms with Crippen molar-refractivity contribution >= 4 is 17.0 Å². The largest absolute Gasteiger partial charge is 0.480 e. The molecule has 3 atom stereocenters. The van der Waals surface area contributed by atoms with Crippen LogP contribution in [0.5, 0.6) is 0 Å². The second-order valence-electron chi connectivity index (χ2n) is 4.41. The number of nitrogens with one attached hydrogen (secondary N) is 1. The van der Waals surface area contributed by atoms with E-state index in [1.807, 2.05) is 0 Å². The van der Waals surface area contributed by atoms with Crippen molar-refractivity contribution in [3.63, 3.8) is 0 Å². The van der Waals surface area contributed by atoms with Gasteiger partial charge in [-0.1, -0.05) is 13.0 Å². The highest BCUT2D eigenvalue weighted by atomic mass is 32.2. The van der Waals surface area contributed by atoms with Crippen LogP contribution in [0.1, 0.15) is 27.7 Å². The maximum Gasteiger partial charge on any atom is 0.322 e. The molecule has 0 aliphatic carbocycles. The molecular weight excluding hydrogens is 214 g/mol. The van der Waals surface area contributed by atoms with Crippen LogP contribution >= 0.6 is 0 Å². The van der Waals surface area contributed by atoms with E-state index in [4.69, 9.17) is 5.11 Å². The molecular formula is C10H19NO3S. The summed E-state index contributed by atoms with van der Waals surface area (Å²) >= 11 is 0. The minimum Gasteiger partial charge on any atom is -0.480 e. The van der Waals surface area contributed by atoms with Crippen molar-refractivity contribution in [1.82, 2.24) is 4.72 Å². The van der Waals surface area contributed by atoms with E-state index in [-0.39, 0.29) is 5.92 Å². The molecule has 0 fully saturated rings. The topological polar surface area (TPSA) is 66.4 Å². The third-order valence-electron chi connectivity index (χ3n) is 1.95. The highest BCUT2D eigenvalue weighted by molar-refractivity contribution is 7.84. The monoisotopic (exact) mass is 233 g/mol. The van der Waals surface area contributed by atoms with Gasteiger partial charge in [0.2, 0.25) is 0 Å². The van der Waals surface area contributed by atoms with Crippen LogP contribution < -0.4 is 4.72 Å². The molecule has 2 N–H and O–H groups in total. The first kappa shape index (κ1) is 14.3. The Kier molecular flexibility index (Phi) is 5.17. The molecule has 0 aliphatic rings. The normalized spacial score (nSPS) is 17.9. The van der Waals surface area contributed by atoms with Gasteiger partial charge in [-0.05, 0) is 20.8 Å². The van der Waals surface area contributed by atoms with Crippen molar-refractivity contribution in [2.45, 2.75) is 38.5 Å². The molecule has 0 bridgehead atoms. The van der Waals surface area contributed by atoms with Crippen LogP contribution in [0.3, 0.4) is 0 Å². The SMILES string of the molecule is C=CC(C)C(NS(=O)C(C)(C)C)C(=O)O. The van der Waals surface area contributed by atoms with E-state index in [9.17, 15) is 9.00 Å². The molecule has 0 aliphatic heterocycles. The lowest BCUT2D eigenvalue weighted by atomic mass is 10.0. The Bertz CT molecular complexity index is 270. The second kappa shape index (κ2) is 5.42. The highest BCUT2D eigenvalue weighted by Gasteiger charge is 2.28. The smallest absolute Gasteiger partial charge is 0.322 e. The van der Waals surface area contributed by atoms with Crippen LogP contribution in [0.15, 0.2) is 12.7 Å². The van der Waals surface area contributed by atoms with Crippen molar-refractivity contribution in [3.8, 4) is 0 Å². The van der Waals surface area contributed by atoms with Crippen LogP contribution in [0.25, 0.3) is 0 Å². The third kappa shape index (κ3) is 4.57. The van der Waals surface area contributed by atoms with Crippen LogP contribution in [0.2, 0.25) is 0 Å². The molecule has 0 spiro atoms. The number of hydrogen-bond donors (Lipinski definition) is 2. The molecule has 0 aromatic rings. The predicted octanol–water partition coefficient (Wildman–Crippen LogP) is 1.31. The van der Waals surface area contributed by atoms with E-state index in [0.717, 1.165) is 0 Å². The summed E-state index contributed by atoms with van der Waals surface area (Å²) in [5.74, 6) is -1.28. The molecule has 0 saturated heterocycles. The summed E-state index contributed by atoms with van der Waals surface area (Å²) in [6.45, 7) is 10.6. The van der Waals surface area contributed by atoms with Gasteiger partial charge in [0.05, 0.1) is 15.7 Å². The van der Waals surface area contributed by atoms with Gasteiger partial charge in [0.25, 0.3) is 0 Å². The summed E-state index contributed by atoms with van der Waals surface area (Å²) in [7, 11) is -1.39. The van der Waals surface area contributed by atoms with E-state index >= 15 is 0 Å². The van der Waals surface area contributed by atoms with Gasteiger partial charge in [0.15, 0.2) is 0 Å². The fourth-order valence-electron chi connectivity index (χ4n) is 0.811. The fourth-order valence-corrected chi connectivity index (χ4v) is 1.71. The lowest BCUT2D eigenvalue weighted by Gasteiger charge is -2.24. The Balaban J connectivity index is 4.64. The molecule has 15 heavy (non-hydrogen) atoms.